The van der Waals surface area contributed by atoms with Crippen molar-refractivity contribution in [3.63, 3.8) is 0 Å². The van der Waals surface area contributed by atoms with E-state index in [1.807, 2.05) is 42.5 Å². The molecule has 0 spiro atoms. The number of fused-ring (bicyclic) bond motifs is 2. The zero-order chi connectivity index (χ0) is 24.4. The van der Waals surface area contributed by atoms with Gasteiger partial charge in [-0.2, -0.15) is 9.78 Å². The number of aromatic nitrogens is 3. The van der Waals surface area contributed by atoms with Crippen LogP contribution in [-0.2, 0) is 4.74 Å². The average molecular weight is 464 g/mol. The number of hydrogen-bond donors (Lipinski definition) is 2. The van der Waals surface area contributed by atoms with E-state index in [-0.39, 0.29) is 11.4 Å². The molecule has 9 heteroatoms. The summed E-state index contributed by atoms with van der Waals surface area (Å²) in [5, 5.41) is 7.34. The third-order valence-electron chi connectivity index (χ3n) is 5.39. The minimum absolute atomic E-state index is 0.103. The summed E-state index contributed by atoms with van der Waals surface area (Å²) in [7, 11) is 1.33. The highest BCUT2D eigenvalue weighted by atomic mass is 16.5. The first kappa shape index (κ1) is 21.8. The van der Waals surface area contributed by atoms with Gasteiger partial charge >= 0.3 is 5.97 Å². The standard InChI is InChI=1S/C26H20N6O3/c1-35-26(34)17-13-11-16(12-14-17)15-28-32-23(27)21(25(33)29-18-7-3-2-4-8-18)22-24(32)31-20-10-6-5-9-19(20)30-22/h2-15H,27H2,1H3,(H,29,33). The Morgan fingerprint density at radius 3 is 2.29 bits per heavy atom. The minimum Gasteiger partial charge on any atom is -0.465 e. The molecule has 9 nitrogen and oxygen atoms in total. The van der Waals surface area contributed by atoms with Gasteiger partial charge in [0.15, 0.2) is 5.65 Å². The van der Waals surface area contributed by atoms with Crippen LogP contribution < -0.4 is 11.1 Å². The van der Waals surface area contributed by atoms with Crippen LogP contribution in [0.25, 0.3) is 22.2 Å². The average Bonchev–Trinajstić information content (AvgIpc) is 3.16. The minimum atomic E-state index is -0.426. The molecule has 5 rings (SSSR count). The predicted octanol–water partition coefficient (Wildman–Crippen LogP) is 4.09. The molecule has 0 saturated carbocycles. The van der Waals surface area contributed by atoms with Gasteiger partial charge in [-0.05, 0) is 42.0 Å². The van der Waals surface area contributed by atoms with Crippen molar-refractivity contribution in [2.75, 3.05) is 18.2 Å². The number of hydrogen-bond acceptors (Lipinski definition) is 7. The van der Waals surface area contributed by atoms with Crippen LogP contribution >= 0.6 is 0 Å². The summed E-state index contributed by atoms with van der Waals surface area (Å²) < 4.78 is 6.12. The molecular formula is C26H20N6O3. The van der Waals surface area contributed by atoms with Crippen molar-refractivity contribution in [2.45, 2.75) is 0 Å². The number of ether oxygens (including phenoxy) is 1. The first-order chi connectivity index (χ1) is 17.0. The van der Waals surface area contributed by atoms with Crippen LogP contribution in [0.2, 0.25) is 0 Å². The lowest BCUT2D eigenvalue weighted by Gasteiger charge is -2.05. The number of nitrogens with zero attached hydrogens (tertiary/aromatic N) is 4. The Kier molecular flexibility index (Phi) is 5.64. The predicted molar refractivity (Wildman–Crippen MR) is 135 cm³/mol. The summed E-state index contributed by atoms with van der Waals surface area (Å²) in [6.45, 7) is 0. The maximum atomic E-state index is 13.2. The molecule has 5 aromatic rings. The van der Waals surface area contributed by atoms with Crippen LogP contribution in [-0.4, -0.2) is 39.8 Å². The number of amides is 1. The fraction of sp³-hybridized carbons (Fsp3) is 0.0385. The van der Waals surface area contributed by atoms with Gasteiger partial charge in [0.25, 0.3) is 5.91 Å². The number of benzene rings is 3. The second kappa shape index (κ2) is 9.06. The Morgan fingerprint density at radius 1 is 0.943 bits per heavy atom. The molecule has 2 heterocycles. The molecule has 3 aromatic carbocycles. The summed E-state index contributed by atoms with van der Waals surface area (Å²) >= 11 is 0. The third-order valence-corrected chi connectivity index (χ3v) is 5.39. The van der Waals surface area contributed by atoms with Gasteiger partial charge in [0.1, 0.15) is 16.9 Å². The zero-order valence-corrected chi connectivity index (χ0v) is 18.7. The van der Waals surface area contributed by atoms with E-state index >= 15 is 0 Å². The van der Waals surface area contributed by atoms with E-state index in [1.54, 1.807) is 42.6 Å². The van der Waals surface area contributed by atoms with Crippen LogP contribution in [0, 0.1) is 0 Å². The van der Waals surface area contributed by atoms with Crippen molar-refractivity contribution in [2.24, 2.45) is 5.10 Å². The molecule has 0 radical (unpaired) electrons. The fourth-order valence-electron chi connectivity index (χ4n) is 3.65. The van der Waals surface area contributed by atoms with Gasteiger partial charge in [0.05, 0.1) is 29.9 Å². The fourth-order valence-corrected chi connectivity index (χ4v) is 3.65. The lowest BCUT2D eigenvalue weighted by Crippen LogP contribution is -2.14. The molecule has 1 amide bonds. The van der Waals surface area contributed by atoms with Gasteiger partial charge in [-0.15, -0.1) is 0 Å². The maximum Gasteiger partial charge on any atom is 0.337 e. The lowest BCUT2D eigenvalue weighted by molar-refractivity contribution is 0.0600. The largest absolute Gasteiger partial charge is 0.465 e. The number of rotatable bonds is 5. The Balaban J connectivity index is 1.60. The second-order valence-electron chi connectivity index (χ2n) is 7.63. The number of nitrogens with one attached hydrogen (secondary N) is 1. The highest BCUT2D eigenvalue weighted by molar-refractivity contribution is 6.16. The molecule has 0 aliphatic heterocycles. The Labute approximate surface area is 199 Å². The molecular weight excluding hydrogens is 444 g/mol. The molecule has 0 fully saturated rings. The molecule has 0 unspecified atom stereocenters. The number of esters is 1. The van der Waals surface area contributed by atoms with Gasteiger partial charge in [0.2, 0.25) is 0 Å². The Hall–Kier alpha value is -5.05. The number of nitrogens with two attached hydrogens (primary N) is 1. The van der Waals surface area contributed by atoms with Gasteiger partial charge in [0, 0.05) is 5.69 Å². The number of carbonyl (C=O) groups is 2. The summed E-state index contributed by atoms with van der Waals surface area (Å²) in [6.07, 6.45) is 1.56. The second-order valence-corrected chi connectivity index (χ2v) is 7.63. The van der Waals surface area contributed by atoms with Crippen LogP contribution in [0.5, 0.6) is 0 Å². The van der Waals surface area contributed by atoms with Crippen LogP contribution in [0.3, 0.4) is 0 Å². The van der Waals surface area contributed by atoms with Gasteiger partial charge in [-0.25, -0.2) is 14.8 Å². The molecule has 2 aromatic heterocycles. The smallest absolute Gasteiger partial charge is 0.337 e. The van der Waals surface area contributed by atoms with Crippen LogP contribution in [0.1, 0.15) is 26.3 Å². The van der Waals surface area contributed by atoms with Crippen LogP contribution in [0.4, 0.5) is 11.5 Å². The van der Waals surface area contributed by atoms with Crippen molar-refractivity contribution >= 4 is 51.8 Å². The topological polar surface area (TPSA) is 124 Å². The number of nitrogen functional groups attached to an aromatic ring is 1. The van der Waals surface area contributed by atoms with E-state index in [0.29, 0.717) is 39.0 Å². The highest BCUT2D eigenvalue weighted by Gasteiger charge is 2.24. The van der Waals surface area contributed by atoms with Gasteiger partial charge in [-0.3, -0.25) is 4.79 Å². The number of anilines is 2. The Morgan fingerprint density at radius 2 is 1.60 bits per heavy atom. The summed E-state index contributed by atoms with van der Waals surface area (Å²) in [5.41, 5.74) is 10.3. The number of methoxy groups -OCH3 is 1. The summed E-state index contributed by atoms with van der Waals surface area (Å²) in [5.74, 6) is -0.740. The highest BCUT2D eigenvalue weighted by Crippen LogP contribution is 2.28. The molecule has 0 atom stereocenters. The van der Waals surface area contributed by atoms with E-state index in [0.717, 1.165) is 0 Å². The van der Waals surface area contributed by atoms with Crippen molar-refractivity contribution in [3.05, 3.63) is 95.6 Å². The molecule has 0 aliphatic carbocycles. The Bertz CT molecular complexity index is 1590. The lowest BCUT2D eigenvalue weighted by atomic mass is 10.1. The summed E-state index contributed by atoms with van der Waals surface area (Å²) in [4.78, 5) is 34.2. The molecule has 3 N–H and O–H groups in total. The first-order valence-corrected chi connectivity index (χ1v) is 10.7. The van der Waals surface area contributed by atoms with Gasteiger partial charge < -0.3 is 15.8 Å². The normalized spacial score (nSPS) is 11.2. The van der Waals surface area contributed by atoms with E-state index in [1.165, 1.54) is 11.8 Å². The van der Waals surface area contributed by atoms with Crippen molar-refractivity contribution < 1.29 is 14.3 Å². The van der Waals surface area contributed by atoms with E-state index in [4.69, 9.17) is 10.5 Å². The summed E-state index contributed by atoms with van der Waals surface area (Å²) in [6, 6.07) is 23.1. The van der Waals surface area contributed by atoms with E-state index in [9.17, 15) is 9.59 Å². The monoisotopic (exact) mass is 464 g/mol. The van der Waals surface area contributed by atoms with Crippen molar-refractivity contribution in [3.8, 4) is 0 Å². The zero-order valence-electron chi connectivity index (χ0n) is 18.7. The molecule has 0 bridgehead atoms. The van der Waals surface area contributed by atoms with Gasteiger partial charge in [-0.1, -0.05) is 42.5 Å². The number of carbonyl (C=O) groups excluding carboxylic acids is 2. The molecule has 35 heavy (non-hydrogen) atoms. The van der Waals surface area contributed by atoms with Crippen molar-refractivity contribution in [1.82, 2.24) is 14.6 Å². The first-order valence-electron chi connectivity index (χ1n) is 10.7. The van der Waals surface area contributed by atoms with Crippen LogP contribution in [0.15, 0.2) is 84.0 Å². The van der Waals surface area contributed by atoms with E-state index in [2.05, 4.69) is 20.4 Å². The maximum absolute atomic E-state index is 13.2. The third kappa shape index (κ3) is 4.18. The quantitative estimate of drug-likeness (QED) is 0.298. The molecule has 172 valence electrons. The SMILES string of the molecule is COC(=O)c1ccc(C=Nn2c(N)c(C(=O)Nc3ccccc3)c3nc4ccccc4nc32)cc1. The number of para-hydroxylation sites is 3. The van der Waals surface area contributed by atoms with Crippen molar-refractivity contribution in [1.29, 1.82) is 0 Å². The molecule has 0 saturated heterocycles. The molecule has 0 aliphatic rings. The van der Waals surface area contributed by atoms with E-state index < -0.39 is 11.9 Å².